The Balaban J connectivity index is 1.80. The molecule has 0 radical (unpaired) electrons. The van der Waals surface area contributed by atoms with Crippen LogP contribution in [0.15, 0.2) is 59.2 Å². The van der Waals surface area contributed by atoms with E-state index in [1.807, 2.05) is 0 Å². The van der Waals surface area contributed by atoms with Gasteiger partial charge in [0.15, 0.2) is 0 Å². The smallest absolute Gasteiger partial charge is 0.0204 e. The predicted octanol–water partition coefficient (Wildman–Crippen LogP) is 10.9. The largest absolute Gasteiger partial charge is 0.0623 e. The van der Waals surface area contributed by atoms with Crippen LogP contribution in [0.4, 0.5) is 0 Å². The first-order valence-electron chi connectivity index (χ1n) is 14.6. The van der Waals surface area contributed by atoms with Gasteiger partial charge < -0.3 is 0 Å². The van der Waals surface area contributed by atoms with Crippen LogP contribution in [0, 0.1) is 16.2 Å². The highest BCUT2D eigenvalue weighted by Crippen LogP contribution is 2.69. The van der Waals surface area contributed by atoms with E-state index >= 15 is 0 Å². The lowest BCUT2D eigenvalue weighted by atomic mass is 9.54. The van der Waals surface area contributed by atoms with Gasteiger partial charge in [-0.1, -0.05) is 137 Å². The minimum absolute atomic E-state index is 0.0990. The van der Waals surface area contributed by atoms with Crippen LogP contribution in [-0.2, 0) is 10.8 Å². The topological polar surface area (TPSA) is 0 Å². The average molecular weight is 495 g/mol. The fourth-order valence-corrected chi connectivity index (χ4v) is 7.51. The molecule has 2 aromatic rings. The van der Waals surface area contributed by atoms with Crippen molar-refractivity contribution < 1.29 is 0 Å². The third kappa shape index (κ3) is 4.00. The summed E-state index contributed by atoms with van der Waals surface area (Å²) in [6.07, 6.45) is 6.32. The van der Waals surface area contributed by atoms with E-state index in [2.05, 4.69) is 126 Å². The summed E-state index contributed by atoms with van der Waals surface area (Å²) in [6.45, 7) is 28.8. The third-order valence-corrected chi connectivity index (χ3v) is 9.95. The average Bonchev–Trinajstić information content (AvgIpc) is 3.41. The van der Waals surface area contributed by atoms with Gasteiger partial charge in [0.05, 0.1) is 0 Å². The molecule has 2 aromatic carbocycles. The normalized spacial score (nSPS) is 22.3. The summed E-state index contributed by atoms with van der Waals surface area (Å²) in [5, 5.41) is 0. The van der Waals surface area contributed by atoms with Gasteiger partial charge in [-0.2, -0.15) is 0 Å². The van der Waals surface area contributed by atoms with Crippen LogP contribution < -0.4 is 0 Å². The van der Waals surface area contributed by atoms with Gasteiger partial charge in [0.25, 0.3) is 0 Å². The highest BCUT2D eigenvalue weighted by molar-refractivity contribution is 5.81. The summed E-state index contributed by atoms with van der Waals surface area (Å²) in [6, 6.07) is 14.9. The van der Waals surface area contributed by atoms with Crippen molar-refractivity contribution >= 4 is 0 Å². The van der Waals surface area contributed by atoms with Crippen LogP contribution in [0.3, 0.4) is 0 Å². The first-order valence-corrected chi connectivity index (χ1v) is 14.6. The number of hydrogen-bond donors (Lipinski definition) is 0. The second-order valence-corrected chi connectivity index (χ2v) is 16.4. The van der Waals surface area contributed by atoms with Crippen molar-refractivity contribution in [1.29, 1.82) is 0 Å². The predicted molar refractivity (Wildman–Crippen MR) is 161 cm³/mol. The molecule has 1 unspecified atom stereocenters. The Bertz CT molecular complexity index is 1250. The van der Waals surface area contributed by atoms with Crippen molar-refractivity contribution in [1.82, 2.24) is 0 Å². The molecule has 0 aromatic heterocycles. The fraction of sp³-hybridized carbons (Fsp3) is 0.568. The van der Waals surface area contributed by atoms with E-state index in [-0.39, 0.29) is 27.1 Å². The highest BCUT2D eigenvalue weighted by atomic mass is 14.6. The molecule has 0 saturated heterocycles. The Morgan fingerprint density at radius 3 is 1.54 bits per heavy atom. The summed E-state index contributed by atoms with van der Waals surface area (Å²) in [5.41, 5.74) is 14.7. The molecule has 0 heterocycles. The van der Waals surface area contributed by atoms with Gasteiger partial charge in [0.2, 0.25) is 0 Å². The zero-order chi connectivity index (χ0) is 27.3. The molecule has 37 heavy (non-hydrogen) atoms. The Hall–Kier alpha value is -2.08. The summed E-state index contributed by atoms with van der Waals surface area (Å²) in [7, 11) is 0. The lowest BCUT2D eigenvalue weighted by Crippen LogP contribution is -2.41. The van der Waals surface area contributed by atoms with Crippen molar-refractivity contribution in [2.75, 3.05) is 0 Å². The summed E-state index contributed by atoms with van der Waals surface area (Å²) < 4.78 is 0. The van der Waals surface area contributed by atoms with Crippen LogP contribution >= 0.6 is 0 Å². The summed E-state index contributed by atoms with van der Waals surface area (Å²) in [5.74, 6) is 0.392. The molecular formula is C37H50. The molecule has 0 heteroatoms. The van der Waals surface area contributed by atoms with Gasteiger partial charge in [0.1, 0.15) is 0 Å². The molecule has 0 N–H and O–H groups in total. The Kier molecular flexibility index (Phi) is 5.71. The quantitative estimate of drug-likeness (QED) is 0.370. The number of allylic oxidation sites excluding steroid dienone is 4. The van der Waals surface area contributed by atoms with E-state index in [4.69, 9.17) is 0 Å². The first kappa shape index (κ1) is 26.5. The van der Waals surface area contributed by atoms with Crippen molar-refractivity contribution in [3.8, 4) is 11.1 Å². The van der Waals surface area contributed by atoms with E-state index < -0.39 is 0 Å². The van der Waals surface area contributed by atoms with Crippen molar-refractivity contribution in [3.63, 3.8) is 0 Å². The first-order chi connectivity index (χ1) is 16.9. The lowest BCUT2D eigenvalue weighted by Gasteiger charge is -2.49. The van der Waals surface area contributed by atoms with Crippen molar-refractivity contribution in [2.24, 2.45) is 16.2 Å². The molecule has 0 fully saturated rings. The second kappa shape index (κ2) is 7.97. The Morgan fingerprint density at radius 2 is 1.14 bits per heavy atom. The molecule has 0 nitrogen and oxygen atoms in total. The second-order valence-electron chi connectivity index (χ2n) is 16.4. The van der Waals surface area contributed by atoms with Gasteiger partial charge in [-0.3, -0.25) is 0 Å². The van der Waals surface area contributed by atoms with E-state index in [0.29, 0.717) is 5.92 Å². The van der Waals surface area contributed by atoms with E-state index in [9.17, 15) is 0 Å². The molecule has 5 rings (SSSR count). The number of fused-ring (bicyclic) bond motifs is 3. The SMILES string of the molecule is CC(C)(C)C1=CC2=C(CCC2(C2c3ccc(C(C)(C)C)cc3-c3cc(C(C)(C)C)ccc32)C(C)(C)C)C1. The maximum atomic E-state index is 2.65. The standard InChI is InChI=1S/C37H50/c1-33(2,3)24-13-15-27-29(20-24)30-21-25(34(4,5)6)14-16-28(30)32(27)37(36(10,11)12)18-17-23-19-26(22-31(23)37)35(7,8)9/h13-16,20-22,32H,17-19H2,1-12H3. The number of rotatable bonds is 1. The maximum absolute atomic E-state index is 2.65. The van der Waals surface area contributed by atoms with Crippen LogP contribution in [-0.4, -0.2) is 0 Å². The number of benzene rings is 2. The van der Waals surface area contributed by atoms with E-state index in [1.54, 1.807) is 27.8 Å². The summed E-state index contributed by atoms with van der Waals surface area (Å²) in [4.78, 5) is 0. The molecule has 3 aliphatic carbocycles. The molecular weight excluding hydrogens is 444 g/mol. The zero-order valence-corrected chi connectivity index (χ0v) is 25.7. The molecule has 0 bridgehead atoms. The molecule has 0 spiro atoms. The zero-order valence-electron chi connectivity index (χ0n) is 25.7. The van der Waals surface area contributed by atoms with Crippen LogP contribution in [0.25, 0.3) is 11.1 Å². The monoisotopic (exact) mass is 494 g/mol. The van der Waals surface area contributed by atoms with Crippen molar-refractivity contribution in [3.05, 3.63) is 81.4 Å². The molecule has 0 amide bonds. The molecule has 198 valence electrons. The van der Waals surface area contributed by atoms with Crippen LogP contribution in [0.2, 0.25) is 0 Å². The van der Waals surface area contributed by atoms with Gasteiger partial charge >= 0.3 is 0 Å². The van der Waals surface area contributed by atoms with Crippen LogP contribution in [0.1, 0.15) is 131 Å². The Labute approximate surface area is 227 Å². The fourth-order valence-electron chi connectivity index (χ4n) is 7.51. The lowest BCUT2D eigenvalue weighted by molar-refractivity contribution is 0.113. The van der Waals surface area contributed by atoms with Gasteiger partial charge in [-0.15, -0.1) is 0 Å². The molecule has 1 atom stereocenters. The van der Waals surface area contributed by atoms with E-state index in [0.717, 1.165) is 0 Å². The minimum atomic E-state index is 0.0990. The highest BCUT2D eigenvalue weighted by Gasteiger charge is 2.57. The molecule has 3 aliphatic rings. The summed E-state index contributed by atoms with van der Waals surface area (Å²) >= 11 is 0. The van der Waals surface area contributed by atoms with Gasteiger partial charge in [-0.05, 0) is 79.9 Å². The van der Waals surface area contributed by atoms with E-state index in [1.165, 1.54) is 41.5 Å². The molecule has 0 saturated carbocycles. The number of hydrogen-bond acceptors (Lipinski definition) is 0. The third-order valence-electron chi connectivity index (χ3n) is 9.95. The van der Waals surface area contributed by atoms with Gasteiger partial charge in [-0.25, -0.2) is 0 Å². The molecule has 0 aliphatic heterocycles. The Morgan fingerprint density at radius 1 is 0.649 bits per heavy atom. The minimum Gasteiger partial charge on any atom is -0.0623 e. The maximum Gasteiger partial charge on any atom is 0.0204 e. The van der Waals surface area contributed by atoms with Crippen LogP contribution in [0.5, 0.6) is 0 Å². The van der Waals surface area contributed by atoms with Gasteiger partial charge in [0, 0.05) is 11.3 Å². The van der Waals surface area contributed by atoms with Crippen molar-refractivity contribution in [2.45, 2.75) is 119 Å².